The van der Waals surface area contributed by atoms with Crippen molar-refractivity contribution in [1.29, 1.82) is 0 Å². The van der Waals surface area contributed by atoms with Gasteiger partial charge in [-0.25, -0.2) is 0 Å². The van der Waals surface area contributed by atoms with E-state index in [0.29, 0.717) is 11.7 Å². The lowest BCUT2D eigenvalue weighted by Gasteiger charge is -2.07. The minimum atomic E-state index is -0.687. The number of hydrogen-bond donors (Lipinski definition) is 2. The molecule has 0 atom stereocenters. The zero-order chi connectivity index (χ0) is 20.5. The van der Waals surface area contributed by atoms with Gasteiger partial charge in [0, 0.05) is 5.56 Å². The number of amides is 1. The molecular formula is C23H34N4O2. The molecule has 158 valence electrons. The highest BCUT2D eigenvalue weighted by molar-refractivity contribution is 5.88. The van der Waals surface area contributed by atoms with Crippen LogP contribution in [0, 0.1) is 0 Å². The fourth-order valence-corrected chi connectivity index (χ4v) is 3.42. The van der Waals surface area contributed by atoms with Crippen LogP contribution in [-0.2, 0) is 17.8 Å². The minimum absolute atomic E-state index is 0.150. The third kappa shape index (κ3) is 6.67. The topological polar surface area (TPSA) is 94.0 Å². The Morgan fingerprint density at radius 2 is 1.72 bits per heavy atom. The Morgan fingerprint density at radius 3 is 2.38 bits per heavy atom. The number of rotatable bonds is 13. The summed E-state index contributed by atoms with van der Waals surface area (Å²) in [5, 5.41) is 6.78. The van der Waals surface area contributed by atoms with E-state index in [1.54, 1.807) is 0 Å². The summed E-state index contributed by atoms with van der Waals surface area (Å²) in [6.45, 7) is 2.47. The van der Waals surface area contributed by atoms with Gasteiger partial charge >= 0.3 is 0 Å². The molecule has 1 fully saturated rings. The first-order valence-electron chi connectivity index (χ1n) is 11.1. The van der Waals surface area contributed by atoms with Gasteiger partial charge < -0.3 is 15.6 Å². The maximum atomic E-state index is 11.9. The first-order chi connectivity index (χ1) is 14.1. The Hall–Kier alpha value is -2.21. The lowest BCUT2D eigenvalue weighted by Crippen LogP contribution is -2.42. The van der Waals surface area contributed by atoms with Crippen molar-refractivity contribution in [3.63, 3.8) is 0 Å². The van der Waals surface area contributed by atoms with E-state index < -0.39 is 5.54 Å². The van der Waals surface area contributed by atoms with Crippen molar-refractivity contribution in [2.75, 3.05) is 0 Å². The van der Waals surface area contributed by atoms with Crippen LogP contribution in [0.4, 0.5) is 0 Å². The molecule has 1 saturated carbocycles. The molecule has 1 aromatic carbocycles. The SMILES string of the molecule is CCCCCCCCCCc1ccc(-c2noc(CNC(=O)C3(N)CC3)n2)cc1. The standard InChI is InChI=1S/C23H34N4O2/c1-2-3-4-5-6-7-8-9-10-18-11-13-19(14-12-18)21-26-20(29-27-21)17-25-22(28)23(24)15-16-23/h11-14H,2-10,15-17,24H2,1H3,(H,25,28). The third-order valence-electron chi connectivity index (χ3n) is 5.64. The Labute approximate surface area is 173 Å². The van der Waals surface area contributed by atoms with E-state index in [9.17, 15) is 4.79 Å². The molecule has 0 radical (unpaired) electrons. The smallest absolute Gasteiger partial charge is 0.246 e. The average Bonchev–Trinajstić information content (AvgIpc) is 3.32. The van der Waals surface area contributed by atoms with E-state index >= 15 is 0 Å². The van der Waals surface area contributed by atoms with Crippen molar-refractivity contribution in [1.82, 2.24) is 15.5 Å². The second kappa shape index (κ2) is 10.5. The second-order valence-electron chi connectivity index (χ2n) is 8.27. The lowest BCUT2D eigenvalue weighted by molar-refractivity contribution is -0.123. The van der Waals surface area contributed by atoms with Crippen LogP contribution < -0.4 is 11.1 Å². The normalized spacial score (nSPS) is 14.7. The molecule has 3 rings (SSSR count). The molecule has 0 saturated heterocycles. The van der Waals surface area contributed by atoms with Gasteiger partial charge in [-0.15, -0.1) is 0 Å². The predicted octanol–water partition coefficient (Wildman–Crippen LogP) is 4.53. The summed E-state index contributed by atoms with van der Waals surface area (Å²) in [4.78, 5) is 16.2. The number of carbonyl (C=O) groups excluding carboxylic acids is 1. The highest BCUT2D eigenvalue weighted by Crippen LogP contribution is 2.32. The van der Waals surface area contributed by atoms with Crippen molar-refractivity contribution in [2.45, 2.75) is 89.6 Å². The van der Waals surface area contributed by atoms with Crippen LogP contribution in [0.5, 0.6) is 0 Å². The van der Waals surface area contributed by atoms with Gasteiger partial charge in [0.05, 0.1) is 12.1 Å². The lowest BCUT2D eigenvalue weighted by atomic mass is 10.0. The summed E-state index contributed by atoms with van der Waals surface area (Å²) in [6.07, 6.45) is 13.3. The fraction of sp³-hybridized carbons (Fsp3) is 0.609. The molecule has 3 N–H and O–H groups in total. The van der Waals surface area contributed by atoms with Gasteiger partial charge in [-0.05, 0) is 31.2 Å². The monoisotopic (exact) mass is 398 g/mol. The van der Waals surface area contributed by atoms with E-state index in [1.807, 2.05) is 12.1 Å². The van der Waals surface area contributed by atoms with Gasteiger partial charge in [-0.3, -0.25) is 4.79 Å². The Kier molecular flexibility index (Phi) is 7.81. The minimum Gasteiger partial charge on any atom is -0.345 e. The molecule has 1 aliphatic rings. The summed E-state index contributed by atoms with van der Waals surface area (Å²) in [5.41, 5.74) is 7.44. The number of nitrogens with zero attached hydrogens (tertiary/aromatic N) is 2. The maximum Gasteiger partial charge on any atom is 0.246 e. The Bertz CT molecular complexity index is 765. The van der Waals surface area contributed by atoms with Crippen molar-refractivity contribution in [2.24, 2.45) is 5.73 Å². The second-order valence-corrected chi connectivity index (χ2v) is 8.27. The summed E-state index contributed by atoms with van der Waals surface area (Å²) >= 11 is 0. The van der Waals surface area contributed by atoms with E-state index in [4.69, 9.17) is 10.3 Å². The fourth-order valence-electron chi connectivity index (χ4n) is 3.42. The third-order valence-corrected chi connectivity index (χ3v) is 5.64. The number of nitrogens with two attached hydrogens (primary N) is 1. The summed E-state index contributed by atoms with van der Waals surface area (Å²) in [7, 11) is 0. The highest BCUT2D eigenvalue weighted by atomic mass is 16.5. The van der Waals surface area contributed by atoms with Crippen molar-refractivity contribution < 1.29 is 9.32 Å². The Morgan fingerprint density at radius 1 is 1.07 bits per heavy atom. The van der Waals surface area contributed by atoms with Crippen molar-refractivity contribution in [3.05, 3.63) is 35.7 Å². The van der Waals surface area contributed by atoms with Crippen LogP contribution >= 0.6 is 0 Å². The first kappa shape index (κ1) is 21.5. The number of aromatic nitrogens is 2. The van der Waals surface area contributed by atoms with Crippen LogP contribution in [0.15, 0.2) is 28.8 Å². The van der Waals surface area contributed by atoms with Crippen LogP contribution in [0.2, 0.25) is 0 Å². The molecule has 0 bridgehead atoms. The molecule has 6 heteroatoms. The molecule has 29 heavy (non-hydrogen) atoms. The molecule has 0 unspecified atom stereocenters. The summed E-state index contributed by atoms with van der Waals surface area (Å²) in [6, 6.07) is 8.35. The van der Waals surface area contributed by atoms with Gasteiger partial charge in [-0.1, -0.05) is 81.3 Å². The van der Waals surface area contributed by atoms with Gasteiger partial charge in [0.1, 0.15) is 0 Å². The summed E-state index contributed by atoms with van der Waals surface area (Å²) in [5.74, 6) is 0.782. The molecule has 1 heterocycles. The molecule has 1 aromatic heterocycles. The number of benzene rings is 1. The largest absolute Gasteiger partial charge is 0.345 e. The highest BCUT2D eigenvalue weighted by Gasteiger charge is 2.45. The molecule has 0 aliphatic heterocycles. The van der Waals surface area contributed by atoms with E-state index in [0.717, 1.165) is 24.8 Å². The van der Waals surface area contributed by atoms with E-state index in [1.165, 1.54) is 56.9 Å². The predicted molar refractivity (Wildman–Crippen MR) is 114 cm³/mol. The van der Waals surface area contributed by atoms with Gasteiger partial charge in [0.15, 0.2) is 0 Å². The van der Waals surface area contributed by atoms with Crippen molar-refractivity contribution >= 4 is 5.91 Å². The number of unbranched alkanes of at least 4 members (excludes halogenated alkanes) is 7. The zero-order valence-electron chi connectivity index (χ0n) is 17.6. The maximum absolute atomic E-state index is 11.9. The van der Waals surface area contributed by atoms with Crippen LogP contribution in [0.25, 0.3) is 11.4 Å². The number of aryl methyl sites for hydroxylation is 1. The molecule has 1 aliphatic carbocycles. The Balaban J connectivity index is 1.37. The van der Waals surface area contributed by atoms with Gasteiger partial charge in [0.25, 0.3) is 0 Å². The van der Waals surface area contributed by atoms with Crippen LogP contribution in [0.3, 0.4) is 0 Å². The average molecular weight is 399 g/mol. The van der Waals surface area contributed by atoms with Crippen LogP contribution in [0.1, 0.15) is 82.6 Å². The first-order valence-corrected chi connectivity index (χ1v) is 11.1. The molecular weight excluding hydrogens is 364 g/mol. The van der Waals surface area contributed by atoms with Gasteiger partial charge in [0.2, 0.25) is 17.6 Å². The number of nitrogens with one attached hydrogen (secondary N) is 1. The quantitative estimate of drug-likeness (QED) is 0.484. The number of carbonyl (C=O) groups is 1. The van der Waals surface area contributed by atoms with Crippen molar-refractivity contribution in [3.8, 4) is 11.4 Å². The molecule has 6 nitrogen and oxygen atoms in total. The van der Waals surface area contributed by atoms with Gasteiger partial charge in [-0.2, -0.15) is 4.98 Å². The zero-order valence-corrected chi connectivity index (χ0v) is 17.6. The van der Waals surface area contributed by atoms with E-state index in [2.05, 4.69) is 34.5 Å². The summed E-state index contributed by atoms with van der Waals surface area (Å²) < 4.78 is 5.24. The molecule has 2 aromatic rings. The molecule has 0 spiro atoms. The van der Waals surface area contributed by atoms with Crippen LogP contribution in [-0.4, -0.2) is 21.6 Å². The number of hydrogen-bond acceptors (Lipinski definition) is 5. The van der Waals surface area contributed by atoms with E-state index in [-0.39, 0.29) is 12.5 Å². The molecule has 1 amide bonds.